The fraction of sp³-hybridized carbons (Fsp3) is 0.667. The SMILES string of the molecule is Cc1c(NN)nc(C2CC2)nc1NCCCCO. The van der Waals surface area contributed by atoms with Crippen molar-refractivity contribution in [1.82, 2.24) is 9.97 Å². The molecule has 1 aliphatic carbocycles. The zero-order valence-corrected chi connectivity index (χ0v) is 10.7. The Bertz CT molecular complexity index is 406. The van der Waals surface area contributed by atoms with Gasteiger partial charge in [0.25, 0.3) is 0 Å². The van der Waals surface area contributed by atoms with Crippen LogP contribution in [0.25, 0.3) is 0 Å². The van der Waals surface area contributed by atoms with Gasteiger partial charge in [-0.15, -0.1) is 0 Å². The second-order valence-electron chi connectivity index (χ2n) is 4.68. The molecule has 0 unspecified atom stereocenters. The predicted molar refractivity (Wildman–Crippen MR) is 71.4 cm³/mol. The molecule has 0 spiro atoms. The number of hydrogen-bond acceptors (Lipinski definition) is 6. The van der Waals surface area contributed by atoms with E-state index in [0.29, 0.717) is 11.7 Å². The minimum absolute atomic E-state index is 0.230. The van der Waals surface area contributed by atoms with Crippen molar-refractivity contribution in [1.29, 1.82) is 0 Å². The lowest BCUT2D eigenvalue weighted by atomic mass is 10.2. The summed E-state index contributed by atoms with van der Waals surface area (Å²) in [5.74, 6) is 8.39. The highest BCUT2D eigenvalue weighted by atomic mass is 16.2. The summed E-state index contributed by atoms with van der Waals surface area (Å²) in [6.07, 6.45) is 4.05. The molecule has 6 heteroatoms. The van der Waals surface area contributed by atoms with E-state index in [4.69, 9.17) is 10.9 Å². The molecule has 1 aliphatic rings. The van der Waals surface area contributed by atoms with Gasteiger partial charge in [0.2, 0.25) is 0 Å². The molecule has 5 N–H and O–H groups in total. The number of nitrogens with one attached hydrogen (secondary N) is 2. The lowest BCUT2D eigenvalue weighted by Gasteiger charge is -2.13. The Morgan fingerprint density at radius 1 is 1.28 bits per heavy atom. The molecule has 100 valence electrons. The number of anilines is 2. The van der Waals surface area contributed by atoms with Crippen LogP contribution in [0.2, 0.25) is 0 Å². The van der Waals surface area contributed by atoms with Crippen molar-refractivity contribution in [2.75, 3.05) is 23.9 Å². The van der Waals surface area contributed by atoms with Gasteiger partial charge in [-0.2, -0.15) is 0 Å². The maximum absolute atomic E-state index is 8.75. The topological polar surface area (TPSA) is 96.1 Å². The lowest BCUT2D eigenvalue weighted by molar-refractivity contribution is 0.286. The normalized spacial score (nSPS) is 14.6. The van der Waals surface area contributed by atoms with Gasteiger partial charge in [0.05, 0.1) is 0 Å². The Morgan fingerprint density at radius 3 is 2.61 bits per heavy atom. The summed E-state index contributed by atoms with van der Waals surface area (Å²) in [5, 5.41) is 12.0. The van der Waals surface area contributed by atoms with Crippen LogP contribution in [0.1, 0.15) is 43.0 Å². The average molecular weight is 251 g/mol. The second kappa shape index (κ2) is 5.97. The summed E-state index contributed by atoms with van der Waals surface area (Å²) in [6.45, 7) is 2.97. The van der Waals surface area contributed by atoms with Crippen LogP contribution >= 0.6 is 0 Å². The molecule has 0 saturated heterocycles. The first-order valence-corrected chi connectivity index (χ1v) is 6.46. The van der Waals surface area contributed by atoms with Crippen LogP contribution < -0.4 is 16.6 Å². The molecule has 0 bridgehead atoms. The van der Waals surface area contributed by atoms with E-state index in [1.807, 2.05) is 6.92 Å². The van der Waals surface area contributed by atoms with Crippen LogP contribution in [0.5, 0.6) is 0 Å². The summed E-state index contributed by atoms with van der Waals surface area (Å²) < 4.78 is 0. The molecule has 0 atom stereocenters. The molecule has 1 aromatic heterocycles. The highest BCUT2D eigenvalue weighted by Crippen LogP contribution is 2.39. The van der Waals surface area contributed by atoms with E-state index in [1.54, 1.807) is 0 Å². The summed E-state index contributed by atoms with van der Waals surface area (Å²) in [5.41, 5.74) is 3.57. The Morgan fingerprint density at radius 2 is 2.00 bits per heavy atom. The van der Waals surface area contributed by atoms with E-state index in [1.165, 1.54) is 0 Å². The zero-order chi connectivity index (χ0) is 13.0. The van der Waals surface area contributed by atoms with Gasteiger partial charge in [0.1, 0.15) is 17.5 Å². The molecular formula is C12H21N5O. The van der Waals surface area contributed by atoms with E-state index in [0.717, 1.165) is 49.4 Å². The highest BCUT2D eigenvalue weighted by molar-refractivity contribution is 5.57. The van der Waals surface area contributed by atoms with E-state index in [-0.39, 0.29) is 6.61 Å². The molecule has 1 heterocycles. The van der Waals surface area contributed by atoms with Crippen molar-refractivity contribution in [3.63, 3.8) is 0 Å². The van der Waals surface area contributed by atoms with E-state index >= 15 is 0 Å². The maximum atomic E-state index is 8.75. The largest absolute Gasteiger partial charge is 0.396 e. The minimum Gasteiger partial charge on any atom is -0.396 e. The first-order chi connectivity index (χ1) is 8.76. The summed E-state index contributed by atoms with van der Waals surface area (Å²) in [7, 11) is 0. The van der Waals surface area contributed by atoms with Gasteiger partial charge in [0, 0.05) is 24.6 Å². The third-order valence-electron chi connectivity index (χ3n) is 3.12. The maximum Gasteiger partial charge on any atom is 0.148 e. The van der Waals surface area contributed by atoms with Crippen molar-refractivity contribution in [2.24, 2.45) is 5.84 Å². The Balaban J connectivity index is 2.08. The monoisotopic (exact) mass is 251 g/mol. The third-order valence-corrected chi connectivity index (χ3v) is 3.12. The molecule has 1 saturated carbocycles. The first-order valence-electron chi connectivity index (χ1n) is 6.46. The van der Waals surface area contributed by atoms with Gasteiger partial charge >= 0.3 is 0 Å². The fourth-order valence-corrected chi connectivity index (χ4v) is 1.81. The summed E-state index contributed by atoms with van der Waals surface area (Å²) in [6, 6.07) is 0. The van der Waals surface area contributed by atoms with Crippen LogP contribution in [0.3, 0.4) is 0 Å². The zero-order valence-electron chi connectivity index (χ0n) is 10.7. The highest BCUT2D eigenvalue weighted by Gasteiger charge is 2.28. The Kier molecular flexibility index (Phi) is 4.33. The number of rotatable bonds is 7. The number of aliphatic hydroxyl groups excluding tert-OH is 1. The van der Waals surface area contributed by atoms with Crippen LogP contribution in [0.15, 0.2) is 0 Å². The minimum atomic E-state index is 0.230. The van der Waals surface area contributed by atoms with E-state index < -0.39 is 0 Å². The quantitative estimate of drug-likeness (QED) is 0.329. The van der Waals surface area contributed by atoms with Gasteiger partial charge in [-0.25, -0.2) is 15.8 Å². The van der Waals surface area contributed by atoms with Gasteiger partial charge in [-0.3, -0.25) is 0 Å². The second-order valence-corrected chi connectivity index (χ2v) is 4.68. The fourth-order valence-electron chi connectivity index (χ4n) is 1.81. The van der Waals surface area contributed by atoms with Gasteiger partial charge in [-0.1, -0.05) is 0 Å². The number of nitrogen functional groups attached to an aromatic ring is 1. The molecule has 0 aromatic carbocycles. The van der Waals surface area contributed by atoms with E-state index in [9.17, 15) is 0 Å². The number of nitrogens with two attached hydrogens (primary N) is 1. The summed E-state index contributed by atoms with van der Waals surface area (Å²) in [4.78, 5) is 8.99. The Hall–Kier alpha value is -1.40. The Labute approximate surface area is 107 Å². The molecule has 1 fully saturated rings. The van der Waals surface area contributed by atoms with Crippen LogP contribution in [0, 0.1) is 6.92 Å². The number of hydrogen-bond donors (Lipinski definition) is 4. The lowest BCUT2D eigenvalue weighted by Crippen LogP contribution is -2.15. The van der Waals surface area contributed by atoms with Crippen molar-refractivity contribution in [3.05, 3.63) is 11.4 Å². The summed E-state index contributed by atoms with van der Waals surface area (Å²) >= 11 is 0. The van der Waals surface area contributed by atoms with Crippen LogP contribution in [-0.4, -0.2) is 28.2 Å². The molecule has 0 radical (unpaired) electrons. The standard InChI is InChI=1S/C12H21N5O/c1-8-10(14-6-2-3-7-18)15-12(9-4-5-9)16-11(8)17-13/h9,18H,2-7,13H2,1H3,(H2,14,15,16,17). The number of unbranched alkanes of at least 4 members (excludes halogenated alkanes) is 1. The van der Waals surface area contributed by atoms with Gasteiger partial charge < -0.3 is 15.8 Å². The van der Waals surface area contributed by atoms with Crippen LogP contribution in [0.4, 0.5) is 11.6 Å². The molecule has 1 aromatic rings. The number of aromatic nitrogens is 2. The molecular weight excluding hydrogens is 230 g/mol. The van der Waals surface area contributed by atoms with Crippen LogP contribution in [-0.2, 0) is 0 Å². The van der Waals surface area contributed by atoms with Crippen molar-refractivity contribution in [2.45, 2.75) is 38.5 Å². The van der Waals surface area contributed by atoms with Gasteiger partial charge in [-0.05, 0) is 32.6 Å². The van der Waals surface area contributed by atoms with Crippen molar-refractivity contribution < 1.29 is 5.11 Å². The molecule has 2 rings (SSSR count). The molecule has 0 amide bonds. The van der Waals surface area contributed by atoms with Gasteiger partial charge in [0.15, 0.2) is 0 Å². The van der Waals surface area contributed by atoms with Crippen molar-refractivity contribution in [3.8, 4) is 0 Å². The molecule has 6 nitrogen and oxygen atoms in total. The molecule has 18 heavy (non-hydrogen) atoms. The van der Waals surface area contributed by atoms with Crippen molar-refractivity contribution >= 4 is 11.6 Å². The number of nitrogens with zero attached hydrogens (tertiary/aromatic N) is 2. The molecule has 0 aliphatic heterocycles. The number of aliphatic hydroxyl groups is 1. The van der Waals surface area contributed by atoms with E-state index in [2.05, 4.69) is 20.7 Å². The number of hydrazine groups is 1. The third kappa shape index (κ3) is 3.08. The smallest absolute Gasteiger partial charge is 0.148 e. The first kappa shape index (κ1) is 13.0. The predicted octanol–water partition coefficient (Wildman–Crippen LogP) is 1.13. The average Bonchev–Trinajstić information content (AvgIpc) is 3.20.